The van der Waals surface area contributed by atoms with E-state index in [0.717, 1.165) is 10.0 Å². The first-order valence-electron chi connectivity index (χ1n) is 10.5. The number of methoxy groups -OCH3 is 2. The maximum Gasteiger partial charge on any atom is 0.338 e. The van der Waals surface area contributed by atoms with Crippen molar-refractivity contribution >= 4 is 45.3 Å². The van der Waals surface area contributed by atoms with Crippen LogP contribution in [0.2, 0.25) is 0 Å². The Balaban J connectivity index is 1.96. The topological polar surface area (TPSA) is 96.2 Å². The normalized spacial score (nSPS) is 15.3. The molecule has 10 heteroatoms. The Labute approximate surface area is 212 Å². The molecule has 1 atom stereocenters. The second-order valence-electron chi connectivity index (χ2n) is 7.63. The summed E-state index contributed by atoms with van der Waals surface area (Å²) in [6, 6.07) is 11.6. The fourth-order valence-corrected chi connectivity index (χ4v) is 5.31. The number of halogens is 1. The number of benzene rings is 2. The van der Waals surface area contributed by atoms with Gasteiger partial charge in [-0.25, -0.2) is 9.79 Å². The number of aromatic nitrogens is 1. The van der Waals surface area contributed by atoms with Crippen molar-refractivity contribution in [3.63, 3.8) is 0 Å². The molecule has 2 aromatic carbocycles. The quantitative estimate of drug-likeness (QED) is 0.354. The number of hydrogen-bond acceptors (Lipinski definition) is 8. The van der Waals surface area contributed by atoms with Gasteiger partial charge in [-0.1, -0.05) is 45.5 Å². The molecule has 1 aliphatic heterocycles. The SMILES string of the molecule is COC(=O)C1=C(C)N=c2s/c(=C/c3cccc(Br)c3)c(=O)n2C1c1ccc(OC(C)=O)c(OC)c1. The molecule has 0 saturated carbocycles. The molecule has 180 valence electrons. The smallest absolute Gasteiger partial charge is 0.338 e. The lowest BCUT2D eigenvalue weighted by atomic mass is 9.95. The zero-order valence-corrected chi connectivity index (χ0v) is 21.7. The van der Waals surface area contributed by atoms with Gasteiger partial charge in [0.25, 0.3) is 5.56 Å². The van der Waals surface area contributed by atoms with Gasteiger partial charge < -0.3 is 14.2 Å². The first kappa shape index (κ1) is 24.6. The minimum atomic E-state index is -0.816. The van der Waals surface area contributed by atoms with Crippen molar-refractivity contribution in [1.29, 1.82) is 0 Å². The summed E-state index contributed by atoms with van der Waals surface area (Å²) in [5.41, 5.74) is 1.80. The molecule has 4 rings (SSSR count). The third-order valence-electron chi connectivity index (χ3n) is 5.33. The zero-order valence-electron chi connectivity index (χ0n) is 19.3. The minimum Gasteiger partial charge on any atom is -0.493 e. The summed E-state index contributed by atoms with van der Waals surface area (Å²) in [5.74, 6) is -0.581. The van der Waals surface area contributed by atoms with Crippen molar-refractivity contribution in [1.82, 2.24) is 4.57 Å². The second-order valence-corrected chi connectivity index (χ2v) is 9.56. The Morgan fingerprint density at radius 1 is 1.14 bits per heavy atom. The molecular formula is C25H21BrN2O6S. The maximum atomic E-state index is 13.6. The van der Waals surface area contributed by atoms with Crippen LogP contribution in [0.5, 0.6) is 11.5 Å². The maximum absolute atomic E-state index is 13.6. The van der Waals surface area contributed by atoms with Crippen LogP contribution in [0.4, 0.5) is 0 Å². The molecule has 0 aliphatic carbocycles. The van der Waals surface area contributed by atoms with Crippen molar-refractivity contribution in [2.24, 2.45) is 4.99 Å². The molecule has 2 heterocycles. The number of ether oxygens (including phenoxy) is 3. The molecule has 0 N–H and O–H groups in total. The summed E-state index contributed by atoms with van der Waals surface area (Å²) in [6.07, 6.45) is 1.78. The van der Waals surface area contributed by atoms with E-state index in [0.29, 0.717) is 20.6 Å². The molecule has 0 bridgehead atoms. The molecule has 0 saturated heterocycles. The Kier molecular flexibility index (Phi) is 7.04. The first-order valence-corrected chi connectivity index (χ1v) is 12.1. The van der Waals surface area contributed by atoms with Gasteiger partial charge in [-0.15, -0.1) is 0 Å². The van der Waals surface area contributed by atoms with Gasteiger partial charge in [0.1, 0.15) is 0 Å². The molecule has 1 aliphatic rings. The lowest BCUT2D eigenvalue weighted by molar-refractivity contribution is -0.136. The first-order chi connectivity index (χ1) is 16.7. The van der Waals surface area contributed by atoms with Crippen LogP contribution >= 0.6 is 27.3 Å². The molecule has 35 heavy (non-hydrogen) atoms. The number of carbonyl (C=O) groups excluding carboxylic acids is 2. The fraction of sp³-hybridized carbons (Fsp3) is 0.200. The summed E-state index contributed by atoms with van der Waals surface area (Å²) >= 11 is 4.68. The number of carbonyl (C=O) groups is 2. The highest BCUT2D eigenvalue weighted by atomic mass is 79.9. The number of thiazole rings is 1. The predicted octanol–water partition coefficient (Wildman–Crippen LogP) is 3.10. The van der Waals surface area contributed by atoms with Crippen LogP contribution in [-0.2, 0) is 14.3 Å². The summed E-state index contributed by atoms with van der Waals surface area (Å²) in [4.78, 5) is 42.9. The fourth-order valence-electron chi connectivity index (χ4n) is 3.85. The molecular weight excluding hydrogens is 536 g/mol. The standard InChI is InChI=1S/C25H21BrN2O6S/c1-13-21(24(31)33-4)22(16-8-9-18(34-14(2)29)19(12-16)32-3)28-23(30)20(35-25(28)27-13)11-15-6-5-7-17(26)10-15/h5-12,22H,1-4H3/b20-11+. The molecule has 0 radical (unpaired) electrons. The summed E-state index contributed by atoms with van der Waals surface area (Å²) in [7, 11) is 2.72. The average molecular weight is 557 g/mol. The van der Waals surface area contributed by atoms with E-state index in [9.17, 15) is 14.4 Å². The van der Waals surface area contributed by atoms with E-state index in [4.69, 9.17) is 14.2 Å². The molecule has 3 aromatic rings. The zero-order chi connectivity index (χ0) is 25.3. The van der Waals surface area contributed by atoms with Crippen LogP contribution in [0.15, 0.2) is 68.0 Å². The number of nitrogens with zero attached hydrogens (tertiary/aromatic N) is 2. The van der Waals surface area contributed by atoms with Crippen LogP contribution in [0, 0.1) is 0 Å². The van der Waals surface area contributed by atoms with Gasteiger partial charge in [-0.05, 0) is 48.4 Å². The number of rotatable bonds is 5. The van der Waals surface area contributed by atoms with Gasteiger partial charge in [-0.2, -0.15) is 0 Å². The lowest BCUT2D eigenvalue weighted by Gasteiger charge is -2.25. The van der Waals surface area contributed by atoms with Crippen molar-refractivity contribution in [2.75, 3.05) is 14.2 Å². The summed E-state index contributed by atoms with van der Waals surface area (Å²) in [6.45, 7) is 2.99. The Bertz CT molecular complexity index is 1550. The van der Waals surface area contributed by atoms with Gasteiger partial charge in [0.05, 0.1) is 36.1 Å². The molecule has 1 aromatic heterocycles. The van der Waals surface area contributed by atoms with Crippen LogP contribution in [0.1, 0.15) is 31.0 Å². The highest BCUT2D eigenvalue weighted by molar-refractivity contribution is 9.10. The molecule has 8 nitrogen and oxygen atoms in total. The van der Waals surface area contributed by atoms with Gasteiger partial charge in [0.15, 0.2) is 16.3 Å². The van der Waals surface area contributed by atoms with E-state index in [1.54, 1.807) is 31.2 Å². The molecule has 1 unspecified atom stereocenters. The van der Waals surface area contributed by atoms with E-state index in [2.05, 4.69) is 20.9 Å². The summed E-state index contributed by atoms with van der Waals surface area (Å²) < 4.78 is 18.5. The second kappa shape index (κ2) is 10.0. The van der Waals surface area contributed by atoms with Crippen molar-refractivity contribution in [3.8, 4) is 11.5 Å². The van der Waals surface area contributed by atoms with E-state index < -0.39 is 18.0 Å². The number of esters is 2. The van der Waals surface area contributed by atoms with Crippen LogP contribution in [0.25, 0.3) is 6.08 Å². The molecule has 0 fully saturated rings. The van der Waals surface area contributed by atoms with E-state index in [-0.39, 0.29) is 22.6 Å². The van der Waals surface area contributed by atoms with Crippen molar-refractivity contribution in [3.05, 3.63) is 89.0 Å². The number of hydrogen-bond donors (Lipinski definition) is 0. The van der Waals surface area contributed by atoms with Crippen LogP contribution in [0.3, 0.4) is 0 Å². The molecule has 0 amide bonds. The van der Waals surface area contributed by atoms with Gasteiger partial charge in [-0.3, -0.25) is 14.2 Å². The monoisotopic (exact) mass is 556 g/mol. The van der Waals surface area contributed by atoms with Crippen LogP contribution < -0.4 is 24.4 Å². The van der Waals surface area contributed by atoms with Gasteiger partial charge in [0, 0.05) is 11.4 Å². The highest BCUT2D eigenvalue weighted by Gasteiger charge is 2.33. The van der Waals surface area contributed by atoms with Gasteiger partial charge >= 0.3 is 11.9 Å². The third kappa shape index (κ3) is 4.85. The number of allylic oxidation sites excluding steroid dienone is 1. The lowest BCUT2D eigenvalue weighted by Crippen LogP contribution is -2.39. The van der Waals surface area contributed by atoms with Crippen molar-refractivity contribution in [2.45, 2.75) is 19.9 Å². The van der Waals surface area contributed by atoms with E-state index >= 15 is 0 Å². The highest BCUT2D eigenvalue weighted by Crippen LogP contribution is 2.36. The minimum absolute atomic E-state index is 0.228. The van der Waals surface area contributed by atoms with Crippen LogP contribution in [-0.4, -0.2) is 30.7 Å². The Hall–Kier alpha value is -3.50. The van der Waals surface area contributed by atoms with Gasteiger partial charge in [0.2, 0.25) is 0 Å². The summed E-state index contributed by atoms with van der Waals surface area (Å²) in [5, 5.41) is 0. The molecule has 0 spiro atoms. The third-order valence-corrected chi connectivity index (χ3v) is 6.81. The largest absolute Gasteiger partial charge is 0.493 e. The van der Waals surface area contributed by atoms with E-state index in [1.807, 2.05) is 24.3 Å². The number of fused-ring (bicyclic) bond motifs is 1. The Morgan fingerprint density at radius 3 is 2.57 bits per heavy atom. The van der Waals surface area contributed by atoms with E-state index in [1.165, 1.54) is 37.0 Å². The average Bonchev–Trinajstić information content (AvgIpc) is 3.12. The van der Waals surface area contributed by atoms with Crippen molar-refractivity contribution < 1.29 is 23.8 Å². The Morgan fingerprint density at radius 2 is 1.91 bits per heavy atom. The predicted molar refractivity (Wildman–Crippen MR) is 134 cm³/mol.